The Labute approximate surface area is 102 Å². The number of aliphatic carboxylic acids is 1. The van der Waals surface area contributed by atoms with Crippen LogP contribution in [0.25, 0.3) is 0 Å². The largest absolute Gasteiger partial charge is 0.481 e. The molecule has 0 amide bonds. The highest BCUT2D eigenvalue weighted by Gasteiger charge is 2.43. The van der Waals surface area contributed by atoms with E-state index < -0.39 is 37.0 Å². The van der Waals surface area contributed by atoms with Gasteiger partial charge in [-0.2, -0.15) is 0 Å². The van der Waals surface area contributed by atoms with Crippen LogP contribution in [-0.4, -0.2) is 61.3 Å². The number of carboxylic acid groups (broad SMARTS) is 1. The average molecular weight is 258 g/mol. The van der Waals surface area contributed by atoms with Crippen molar-refractivity contribution >= 4 is 5.97 Å². The Balaban J connectivity index is 2.12. The van der Waals surface area contributed by atoms with Crippen molar-refractivity contribution in [1.29, 1.82) is 0 Å². The Kier molecular flexibility index (Phi) is 3.62. The Morgan fingerprint density at radius 1 is 1.44 bits per heavy atom. The summed E-state index contributed by atoms with van der Waals surface area (Å²) in [5.41, 5.74) is 0.369. The van der Waals surface area contributed by atoms with Crippen LogP contribution < -0.4 is 0 Å². The zero-order valence-electron chi connectivity index (χ0n) is 9.35. The molecule has 2 rings (SSSR count). The number of aromatic amines is 1. The van der Waals surface area contributed by atoms with E-state index in [1.165, 1.54) is 6.20 Å². The van der Waals surface area contributed by atoms with Crippen molar-refractivity contribution in [1.82, 2.24) is 9.97 Å². The lowest BCUT2D eigenvalue weighted by molar-refractivity contribution is -0.136. The van der Waals surface area contributed by atoms with Gasteiger partial charge in [-0.15, -0.1) is 0 Å². The van der Waals surface area contributed by atoms with Gasteiger partial charge >= 0.3 is 5.97 Å². The molecule has 4 atom stereocenters. The Morgan fingerprint density at radius 3 is 2.72 bits per heavy atom. The van der Waals surface area contributed by atoms with Crippen LogP contribution in [0.1, 0.15) is 17.6 Å². The highest BCUT2D eigenvalue weighted by molar-refractivity contribution is 5.68. The predicted molar refractivity (Wildman–Crippen MR) is 56.6 cm³/mol. The summed E-state index contributed by atoms with van der Waals surface area (Å²) in [6, 6.07) is 0. The number of aliphatic hydroxyl groups excluding tert-OH is 3. The number of carboxylic acids is 1. The summed E-state index contributed by atoms with van der Waals surface area (Å²) in [7, 11) is 0. The standard InChI is InChI=1S/C10H14N2O6/c13-3-5-8(16)9(17)10(18-5)4-2-11-6(12-4)1-7(14)15/h2,5,8-10,13,16-17H,1,3H2,(H,11,12)(H,14,15)/t5-,8-,9-,10?/m1/s1. The topological polar surface area (TPSA) is 136 Å². The summed E-state index contributed by atoms with van der Waals surface area (Å²) in [6.07, 6.45) is -3.03. The van der Waals surface area contributed by atoms with Gasteiger partial charge in [0.15, 0.2) is 0 Å². The molecule has 0 radical (unpaired) electrons. The molecule has 1 aromatic heterocycles. The van der Waals surface area contributed by atoms with E-state index >= 15 is 0 Å². The molecular formula is C10H14N2O6. The smallest absolute Gasteiger partial charge is 0.311 e. The van der Waals surface area contributed by atoms with Crippen LogP contribution >= 0.6 is 0 Å². The van der Waals surface area contributed by atoms with Crippen molar-refractivity contribution in [3.8, 4) is 0 Å². The minimum atomic E-state index is -1.19. The molecule has 1 fully saturated rings. The second kappa shape index (κ2) is 5.02. The number of hydrogen-bond acceptors (Lipinski definition) is 6. The number of H-pyrrole nitrogens is 1. The normalized spacial score (nSPS) is 31.7. The molecule has 2 heterocycles. The Bertz CT molecular complexity index is 434. The maximum absolute atomic E-state index is 10.5. The zero-order valence-corrected chi connectivity index (χ0v) is 9.35. The third kappa shape index (κ3) is 2.36. The van der Waals surface area contributed by atoms with Crippen molar-refractivity contribution in [3.63, 3.8) is 0 Å². The monoisotopic (exact) mass is 258 g/mol. The number of ether oxygens (including phenoxy) is 1. The molecule has 0 spiro atoms. The molecule has 1 aromatic rings. The van der Waals surface area contributed by atoms with E-state index in [1.54, 1.807) is 0 Å². The first-order valence-electron chi connectivity index (χ1n) is 5.41. The highest BCUT2D eigenvalue weighted by Crippen LogP contribution is 2.32. The van der Waals surface area contributed by atoms with Crippen LogP contribution in [0.2, 0.25) is 0 Å². The second-order valence-corrected chi connectivity index (χ2v) is 4.11. The number of imidazole rings is 1. The molecule has 5 N–H and O–H groups in total. The molecule has 1 aliphatic rings. The molecule has 0 aromatic carbocycles. The van der Waals surface area contributed by atoms with E-state index in [-0.39, 0.29) is 12.2 Å². The molecule has 0 saturated carbocycles. The average Bonchev–Trinajstić information content (AvgIpc) is 2.86. The maximum atomic E-state index is 10.5. The first kappa shape index (κ1) is 13.0. The highest BCUT2D eigenvalue weighted by atomic mass is 16.6. The zero-order chi connectivity index (χ0) is 13.3. The third-order valence-corrected chi connectivity index (χ3v) is 2.82. The first-order valence-corrected chi connectivity index (χ1v) is 5.41. The van der Waals surface area contributed by atoms with E-state index in [2.05, 4.69) is 9.97 Å². The summed E-state index contributed by atoms with van der Waals surface area (Å²) in [4.78, 5) is 17.1. The van der Waals surface area contributed by atoms with Gasteiger partial charge in [-0.3, -0.25) is 4.79 Å². The summed E-state index contributed by atoms with van der Waals surface area (Å²) in [6.45, 7) is -0.412. The lowest BCUT2D eigenvalue weighted by Crippen LogP contribution is -2.32. The number of carbonyl (C=O) groups is 1. The van der Waals surface area contributed by atoms with Crippen molar-refractivity contribution in [2.45, 2.75) is 30.8 Å². The fraction of sp³-hybridized carbons (Fsp3) is 0.600. The van der Waals surface area contributed by atoms with Crippen LogP contribution in [0.5, 0.6) is 0 Å². The molecule has 1 unspecified atom stereocenters. The van der Waals surface area contributed by atoms with Gasteiger partial charge in [-0.1, -0.05) is 0 Å². The second-order valence-electron chi connectivity index (χ2n) is 4.11. The predicted octanol–water partition coefficient (Wildman–Crippen LogP) is -1.81. The lowest BCUT2D eigenvalue weighted by Gasteiger charge is -2.12. The molecule has 18 heavy (non-hydrogen) atoms. The van der Waals surface area contributed by atoms with E-state index in [1.807, 2.05) is 0 Å². The summed E-state index contributed by atoms with van der Waals surface area (Å²) in [5.74, 6) is -0.799. The molecule has 1 aliphatic heterocycles. The molecule has 0 bridgehead atoms. The molecular weight excluding hydrogens is 244 g/mol. The van der Waals surface area contributed by atoms with Gasteiger partial charge in [0.05, 0.1) is 18.5 Å². The minimum Gasteiger partial charge on any atom is -0.481 e. The number of aliphatic hydroxyl groups is 3. The number of nitrogens with zero attached hydrogens (tertiary/aromatic N) is 1. The number of rotatable bonds is 4. The maximum Gasteiger partial charge on any atom is 0.311 e. The van der Waals surface area contributed by atoms with Gasteiger partial charge in [0.25, 0.3) is 0 Å². The van der Waals surface area contributed by atoms with Crippen LogP contribution in [0.4, 0.5) is 0 Å². The molecule has 1 saturated heterocycles. The SMILES string of the molecule is O=C(O)Cc1ncc(C2O[C@H](CO)[C@@H](O)[C@H]2O)[nH]1. The number of nitrogens with one attached hydrogen (secondary N) is 1. The quantitative estimate of drug-likeness (QED) is 0.429. The van der Waals surface area contributed by atoms with Crippen molar-refractivity contribution in [3.05, 3.63) is 17.7 Å². The molecule has 100 valence electrons. The fourth-order valence-corrected chi connectivity index (χ4v) is 1.91. The summed E-state index contributed by atoms with van der Waals surface area (Å²) in [5, 5.41) is 36.9. The molecule has 8 heteroatoms. The Morgan fingerprint density at radius 2 is 2.17 bits per heavy atom. The van der Waals surface area contributed by atoms with E-state index in [9.17, 15) is 15.0 Å². The van der Waals surface area contributed by atoms with Crippen molar-refractivity contribution in [2.75, 3.05) is 6.61 Å². The Hall–Kier alpha value is -1.48. The first-order chi connectivity index (χ1) is 8.52. The van der Waals surface area contributed by atoms with Crippen molar-refractivity contribution in [2.24, 2.45) is 0 Å². The van der Waals surface area contributed by atoms with Crippen molar-refractivity contribution < 1.29 is 30.0 Å². The van der Waals surface area contributed by atoms with Gasteiger partial charge in [0, 0.05) is 0 Å². The summed E-state index contributed by atoms with van der Waals surface area (Å²) < 4.78 is 5.27. The van der Waals surface area contributed by atoms with Gasteiger partial charge in [-0.25, -0.2) is 4.98 Å². The fourth-order valence-electron chi connectivity index (χ4n) is 1.91. The molecule has 8 nitrogen and oxygen atoms in total. The number of aromatic nitrogens is 2. The van der Waals surface area contributed by atoms with E-state index in [4.69, 9.17) is 14.9 Å². The number of hydrogen-bond donors (Lipinski definition) is 5. The van der Waals surface area contributed by atoms with E-state index in [0.29, 0.717) is 5.69 Å². The van der Waals surface area contributed by atoms with Gasteiger partial charge < -0.3 is 30.1 Å². The lowest BCUT2D eigenvalue weighted by atomic mass is 10.1. The molecule has 0 aliphatic carbocycles. The van der Waals surface area contributed by atoms with Crippen LogP contribution in [0.15, 0.2) is 6.20 Å². The van der Waals surface area contributed by atoms with E-state index in [0.717, 1.165) is 0 Å². The van der Waals surface area contributed by atoms with Gasteiger partial charge in [0.2, 0.25) is 0 Å². The van der Waals surface area contributed by atoms with Crippen LogP contribution in [-0.2, 0) is 16.0 Å². The minimum absolute atomic E-state index is 0.232. The van der Waals surface area contributed by atoms with Crippen LogP contribution in [0.3, 0.4) is 0 Å². The van der Waals surface area contributed by atoms with Crippen LogP contribution in [0, 0.1) is 0 Å². The van der Waals surface area contributed by atoms with Gasteiger partial charge in [-0.05, 0) is 0 Å². The third-order valence-electron chi connectivity index (χ3n) is 2.82. The summed E-state index contributed by atoms with van der Waals surface area (Å²) >= 11 is 0. The van der Waals surface area contributed by atoms with Gasteiger partial charge in [0.1, 0.15) is 36.7 Å².